The average molecular weight is 237 g/mol. The molecule has 0 unspecified atom stereocenters. The van der Waals surface area contributed by atoms with Crippen LogP contribution < -0.4 is 5.32 Å². The monoisotopic (exact) mass is 237 g/mol. The van der Waals surface area contributed by atoms with Crippen LogP contribution in [0.4, 0.5) is 5.69 Å². The summed E-state index contributed by atoms with van der Waals surface area (Å²) in [6, 6.07) is 19.2. The first-order chi connectivity index (χ1) is 8.75. The lowest BCUT2D eigenvalue weighted by Crippen LogP contribution is -2.10. The third-order valence-corrected chi connectivity index (χ3v) is 2.66. The zero-order valence-electron chi connectivity index (χ0n) is 10.9. The summed E-state index contributed by atoms with van der Waals surface area (Å²) in [5.74, 6) is 0. The van der Waals surface area contributed by atoms with E-state index in [2.05, 4.69) is 79.8 Å². The van der Waals surface area contributed by atoms with E-state index in [4.69, 9.17) is 0 Å². The Morgan fingerprint density at radius 3 is 2.22 bits per heavy atom. The molecule has 92 valence electrons. The van der Waals surface area contributed by atoms with Crippen molar-refractivity contribution in [1.82, 2.24) is 0 Å². The molecule has 0 aliphatic carbocycles. The number of anilines is 1. The van der Waals surface area contributed by atoms with Gasteiger partial charge in [0.2, 0.25) is 0 Å². The molecule has 0 aliphatic rings. The number of hydrogen-bond acceptors (Lipinski definition) is 1. The third-order valence-electron chi connectivity index (χ3n) is 2.66. The maximum absolute atomic E-state index is 3.46. The number of rotatable bonds is 4. The molecule has 0 amide bonds. The molecule has 2 rings (SSSR count). The van der Waals surface area contributed by atoms with Gasteiger partial charge in [0, 0.05) is 11.7 Å². The second-order valence-corrected chi connectivity index (χ2v) is 4.63. The third kappa shape index (κ3) is 3.49. The predicted octanol–water partition coefficient (Wildman–Crippen LogP) is 4.68. The van der Waals surface area contributed by atoms with Gasteiger partial charge in [-0.15, -0.1) is 0 Å². The molecule has 1 N–H and O–H groups in total. The van der Waals surface area contributed by atoms with E-state index in [0.717, 1.165) is 0 Å². The van der Waals surface area contributed by atoms with Gasteiger partial charge in [-0.3, -0.25) is 0 Å². The van der Waals surface area contributed by atoms with Gasteiger partial charge in [-0.1, -0.05) is 60.7 Å². The number of para-hydroxylation sites is 1. The second kappa shape index (κ2) is 6.06. The van der Waals surface area contributed by atoms with Gasteiger partial charge in [0.25, 0.3) is 0 Å². The molecule has 1 heteroatoms. The fraction of sp³-hybridized carbons (Fsp3) is 0.176. The van der Waals surface area contributed by atoms with E-state index >= 15 is 0 Å². The molecule has 0 aliphatic heterocycles. The molecular formula is C17H19N. The van der Waals surface area contributed by atoms with Crippen LogP contribution in [0.5, 0.6) is 0 Å². The van der Waals surface area contributed by atoms with Gasteiger partial charge in [-0.05, 0) is 31.0 Å². The Morgan fingerprint density at radius 1 is 0.833 bits per heavy atom. The smallest absolute Gasteiger partial charge is 0.0415 e. The van der Waals surface area contributed by atoms with E-state index in [9.17, 15) is 0 Å². The summed E-state index contributed by atoms with van der Waals surface area (Å²) in [6.45, 7) is 4.30. The highest BCUT2D eigenvalue weighted by Crippen LogP contribution is 2.18. The molecule has 0 saturated carbocycles. The SMILES string of the molecule is CC(C)Nc1ccccc1C=Cc1ccccc1. The molecule has 0 spiro atoms. The standard InChI is InChI=1S/C17H19N/c1-14(2)18-17-11-7-6-10-16(17)13-12-15-8-4-3-5-9-15/h3-14,18H,1-2H3. The van der Waals surface area contributed by atoms with Crippen LogP contribution in [0, 0.1) is 0 Å². The van der Waals surface area contributed by atoms with Crippen LogP contribution in [0.15, 0.2) is 54.6 Å². The first-order valence-corrected chi connectivity index (χ1v) is 6.34. The van der Waals surface area contributed by atoms with Crippen LogP contribution in [-0.2, 0) is 0 Å². The molecule has 18 heavy (non-hydrogen) atoms. The highest BCUT2D eigenvalue weighted by atomic mass is 14.9. The minimum Gasteiger partial charge on any atom is -0.382 e. The maximum Gasteiger partial charge on any atom is 0.0415 e. The van der Waals surface area contributed by atoms with Crippen LogP contribution in [0.3, 0.4) is 0 Å². The molecule has 0 fully saturated rings. The normalized spacial score (nSPS) is 11.1. The summed E-state index contributed by atoms with van der Waals surface area (Å²) < 4.78 is 0. The number of hydrogen-bond donors (Lipinski definition) is 1. The highest BCUT2D eigenvalue weighted by molar-refractivity contribution is 5.76. The quantitative estimate of drug-likeness (QED) is 0.761. The number of benzene rings is 2. The van der Waals surface area contributed by atoms with Crippen molar-refractivity contribution in [3.05, 3.63) is 65.7 Å². The van der Waals surface area contributed by atoms with Crippen LogP contribution >= 0.6 is 0 Å². The van der Waals surface area contributed by atoms with Gasteiger partial charge in [-0.25, -0.2) is 0 Å². The summed E-state index contributed by atoms with van der Waals surface area (Å²) in [5, 5.41) is 3.46. The first kappa shape index (κ1) is 12.4. The second-order valence-electron chi connectivity index (χ2n) is 4.63. The van der Waals surface area contributed by atoms with Gasteiger partial charge < -0.3 is 5.32 Å². The summed E-state index contributed by atoms with van der Waals surface area (Å²) in [5.41, 5.74) is 3.62. The van der Waals surface area contributed by atoms with Crippen LogP contribution in [0.2, 0.25) is 0 Å². The Hall–Kier alpha value is -2.02. The fourth-order valence-electron chi connectivity index (χ4n) is 1.83. The Kier molecular flexibility index (Phi) is 4.19. The fourth-order valence-corrected chi connectivity index (χ4v) is 1.83. The Balaban J connectivity index is 2.21. The van der Waals surface area contributed by atoms with Crippen molar-refractivity contribution in [2.75, 3.05) is 5.32 Å². The van der Waals surface area contributed by atoms with Gasteiger partial charge >= 0.3 is 0 Å². The van der Waals surface area contributed by atoms with Crippen molar-refractivity contribution in [2.24, 2.45) is 0 Å². The van der Waals surface area contributed by atoms with Crippen LogP contribution in [0.25, 0.3) is 12.2 Å². The van der Waals surface area contributed by atoms with E-state index in [-0.39, 0.29) is 0 Å². The summed E-state index contributed by atoms with van der Waals surface area (Å²) in [7, 11) is 0. The summed E-state index contributed by atoms with van der Waals surface area (Å²) in [4.78, 5) is 0. The molecule has 2 aromatic rings. The summed E-state index contributed by atoms with van der Waals surface area (Å²) >= 11 is 0. The van der Waals surface area contributed by atoms with Gasteiger partial charge in [0.05, 0.1) is 0 Å². The largest absolute Gasteiger partial charge is 0.382 e. The van der Waals surface area contributed by atoms with Crippen LogP contribution in [0.1, 0.15) is 25.0 Å². The van der Waals surface area contributed by atoms with E-state index in [1.807, 2.05) is 6.07 Å². The molecule has 0 bridgehead atoms. The Labute approximate surface area is 109 Å². The van der Waals surface area contributed by atoms with Gasteiger partial charge in [0.15, 0.2) is 0 Å². The van der Waals surface area contributed by atoms with Gasteiger partial charge in [0.1, 0.15) is 0 Å². The lowest BCUT2D eigenvalue weighted by molar-refractivity contribution is 0.899. The van der Waals surface area contributed by atoms with Crippen LogP contribution in [-0.4, -0.2) is 6.04 Å². The average Bonchev–Trinajstić information content (AvgIpc) is 2.38. The topological polar surface area (TPSA) is 12.0 Å². The highest BCUT2D eigenvalue weighted by Gasteiger charge is 1.99. The van der Waals surface area contributed by atoms with Crippen molar-refractivity contribution in [2.45, 2.75) is 19.9 Å². The molecule has 0 atom stereocenters. The predicted molar refractivity (Wildman–Crippen MR) is 80.6 cm³/mol. The van der Waals surface area contributed by atoms with Crippen molar-refractivity contribution >= 4 is 17.8 Å². The molecule has 0 saturated heterocycles. The minimum absolute atomic E-state index is 0.441. The Morgan fingerprint density at radius 2 is 1.50 bits per heavy atom. The van der Waals surface area contributed by atoms with Crippen molar-refractivity contribution < 1.29 is 0 Å². The Bertz CT molecular complexity index is 512. The van der Waals surface area contributed by atoms with E-state index in [0.29, 0.717) is 6.04 Å². The first-order valence-electron chi connectivity index (χ1n) is 6.34. The van der Waals surface area contributed by atoms with Crippen molar-refractivity contribution in [1.29, 1.82) is 0 Å². The molecule has 1 nitrogen and oxygen atoms in total. The van der Waals surface area contributed by atoms with Gasteiger partial charge in [-0.2, -0.15) is 0 Å². The van der Waals surface area contributed by atoms with E-state index in [1.54, 1.807) is 0 Å². The molecular weight excluding hydrogens is 218 g/mol. The van der Waals surface area contributed by atoms with E-state index < -0.39 is 0 Å². The molecule has 2 aromatic carbocycles. The van der Waals surface area contributed by atoms with Crippen molar-refractivity contribution in [3.8, 4) is 0 Å². The summed E-state index contributed by atoms with van der Waals surface area (Å²) in [6.07, 6.45) is 4.29. The van der Waals surface area contributed by atoms with E-state index in [1.165, 1.54) is 16.8 Å². The van der Waals surface area contributed by atoms with Crippen molar-refractivity contribution in [3.63, 3.8) is 0 Å². The zero-order chi connectivity index (χ0) is 12.8. The maximum atomic E-state index is 3.46. The lowest BCUT2D eigenvalue weighted by atomic mass is 10.1. The molecule has 0 heterocycles. The molecule has 0 aromatic heterocycles. The minimum atomic E-state index is 0.441. The zero-order valence-corrected chi connectivity index (χ0v) is 10.9. The molecule has 0 radical (unpaired) electrons. The number of nitrogens with one attached hydrogen (secondary N) is 1. The lowest BCUT2D eigenvalue weighted by Gasteiger charge is -2.12.